The molecule has 1 fully saturated rings. The molecule has 29 heavy (non-hydrogen) atoms. The largest absolute Gasteiger partial charge is 0.362 e. The van der Waals surface area contributed by atoms with Crippen LogP contribution in [0.5, 0.6) is 0 Å². The first-order valence-electron chi connectivity index (χ1n) is 9.37. The van der Waals surface area contributed by atoms with E-state index in [1.807, 2.05) is 32.1 Å². The number of nitrogens with zero attached hydrogens (tertiary/aromatic N) is 3. The summed E-state index contributed by atoms with van der Waals surface area (Å²) in [5.74, 6) is 1.45. The third-order valence-electron chi connectivity index (χ3n) is 4.95. The number of nitrogens with one attached hydrogen (secondary N) is 2. The molecule has 0 atom stereocenters. The molecular formula is C20H26Cl3N5O. The van der Waals surface area contributed by atoms with Crippen molar-refractivity contribution >= 4 is 53.3 Å². The zero-order chi connectivity index (χ0) is 20.3. The van der Waals surface area contributed by atoms with E-state index in [2.05, 4.69) is 20.6 Å². The van der Waals surface area contributed by atoms with Crippen LogP contribution in [0.2, 0.25) is 10.0 Å². The molecule has 0 spiro atoms. The van der Waals surface area contributed by atoms with Gasteiger partial charge in [0.2, 0.25) is 5.95 Å². The van der Waals surface area contributed by atoms with E-state index in [1.165, 1.54) is 0 Å². The third kappa shape index (κ3) is 6.11. The van der Waals surface area contributed by atoms with Crippen LogP contribution in [-0.2, 0) is 0 Å². The first-order valence-corrected chi connectivity index (χ1v) is 10.1. The van der Waals surface area contributed by atoms with Gasteiger partial charge in [-0.2, -0.15) is 4.98 Å². The van der Waals surface area contributed by atoms with Gasteiger partial charge in [0.25, 0.3) is 5.91 Å². The minimum atomic E-state index is -0.118. The molecule has 0 bridgehead atoms. The fourth-order valence-corrected chi connectivity index (χ4v) is 3.72. The summed E-state index contributed by atoms with van der Waals surface area (Å²) in [7, 11) is 3.95. The van der Waals surface area contributed by atoms with Crippen LogP contribution < -0.4 is 15.5 Å². The molecule has 0 radical (unpaired) electrons. The SMILES string of the molecule is Cc1cnc(N[C@H]2CC[C@@H](NC(=O)c3ccc(Cl)c(Cl)c3)CC2)nc1N(C)C.Cl. The van der Waals surface area contributed by atoms with E-state index in [0.29, 0.717) is 27.6 Å². The molecule has 1 aromatic heterocycles. The summed E-state index contributed by atoms with van der Waals surface area (Å²) in [5.41, 5.74) is 1.57. The topological polar surface area (TPSA) is 70.1 Å². The highest BCUT2D eigenvalue weighted by Gasteiger charge is 2.23. The van der Waals surface area contributed by atoms with Gasteiger partial charge >= 0.3 is 0 Å². The average molecular weight is 459 g/mol. The number of aromatic nitrogens is 2. The maximum atomic E-state index is 12.4. The molecule has 1 saturated carbocycles. The van der Waals surface area contributed by atoms with Crippen molar-refractivity contribution in [3.63, 3.8) is 0 Å². The second kappa shape index (κ2) is 10.3. The number of aryl methyl sites for hydroxylation is 1. The molecule has 1 aromatic carbocycles. The highest BCUT2D eigenvalue weighted by atomic mass is 35.5. The zero-order valence-electron chi connectivity index (χ0n) is 16.7. The smallest absolute Gasteiger partial charge is 0.251 e. The molecule has 6 nitrogen and oxygen atoms in total. The number of carbonyl (C=O) groups excluding carboxylic acids is 1. The van der Waals surface area contributed by atoms with E-state index in [4.69, 9.17) is 23.2 Å². The molecule has 1 aliphatic carbocycles. The first-order chi connectivity index (χ1) is 13.3. The van der Waals surface area contributed by atoms with Crippen molar-refractivity contribution in [2.45, 2.75) is 44.7 Å². The maximum absolute atomic E-state index is 12.4. The van der Waals surface area contributed by atoms with Crippen LogP contribution in [0.1, 0.15) is 41.6 Å². The van der Waals surface area contributed by atoms with Crippen molar-refractivity contribution in [1.82, 2.24) is 15.3 Å². The number of hydrogen-bond acceptors (Lipinski definition) is 5. The Morgan fingerprint density at radius 3 is 2.38 bits per heavy atom. The number of hydrogen-bond donors (Lipinski definition) is 2. The van der Waals surface area contributed by atoms with E-state index in [-0.39, 0.29) is 24.4 Å². The molecule has 0 aliphatic heterocycles. The standard InChI is InChI=1S/C20H25Cl2N5O.ClH/c1-12-11-23-20(26-18(12)27(2)3)25-15-7-5-14(6-8-15)24-19(28)13-4-9-16(21)17(22)10-13;/h4,9-11,14-15H,5-8H2,1-3H3,(H,24,28)(H,23,25,26);1H/t14-,15+;. The summed E-state index contributed by atoms with van der Waals surface area (Å²) in [4.78, 5) is 23.4. The van der Waals surface area contributed by atoms with Crippen LogP contribution in [-0.4, -0.2) is 42.1 Å². The van der Waals surface area contributed by atoms with Gasteiger partial charge in [-0.25, -0.2) is 4.98 Å². The lowest BCUT2D eigenvalue weighted by Gasteiger charge is -2.30. The van der Waals surface area contributed by atoms with Crippen LogP contribution in [0.4, 0.5) is 11.8 Å². The Hall–Kier alpha value is -1.76. The summed E-state index contributed by atoms with van der Waals surface area (Å²) in [5, 5.41) is 7.35. The second-order valence-corrected chi connectivity index (χ2v) is 8.20. The Morgan fingerprint density at radius 1 is 1.10 bits per heavy atom. The lowest BCUT2D eigenvalue weighted by atomic mass is 9.91. The van der Waals surface area contributed by atoms with Crippen LogP contribution in [0, 0.1) is 6.92 Å². The molecule has 2 N–H and O–H groups in total. The summed E-state index contributed by atoms with van der Waals surface area (Å²) in [6, 6.07) is 5.38. The predicted octanol–water partition coefficient (Wildman–Crippen LogP) is 4.73. The minimum absolute atomic E-state index is 0. The number of anilines is 2. The fraction of sp³-hybridized carbons (Fsp3) is 0.450. The zero-order valence-corrected chi connectivity index (χ0v) is 19.0. The highest BCUT2D eigenvalue weighted by molar-refractivity contribution is 6.42. The minimum Gasteiger partial charge on any atom is -0.362 e. The molecule has 9 heteroatoms. The summed E-state index contributed by atoms with van der Waals surface area (Å²) >= 11 is 11.9. The van der Waals surface area contributed by atoms with Crippen molar-refractivity contribution in [3.8, 4) is 0 Å². The quantitative estimate of drug-likeness (QED) is 0.677. The van der Waals surface area contributed by atoms with Gasteiger partial charge in [0.15, 0.2) is 0 Å². The fourth-order valence-electron chi connectivity index (χ4n) is 3.43. The molecule has 0 saturated heterocycles. The van der Waals surface area contributed by atoms with Gasteiger partial charge in [0.1, 0.15) is 5.82 Å². The lowest BCUT2D eigenvalue weighted by molar-refractivity contribution is 0.0926. The normalized spacial score (nSPS) is 18.5. The molecule has 3 rings (SSSR count). The van der Waals surface area contributed by atoms with E-state index >= 15 is 0 Å². The molecule has 0 unspecified atom stereocenters. The van der Waals surface area contributed by atoms with Gasteiger partial charge in [-0.3, -0.25) is 4.79 Å². The summed E-state index contributed by atoms with van der Waals surface area (Å²) in [6.45, 7) is 2.00. The van der Waals surface area contributed by atoms with Gasteiger partial charge in [0.05, 0.1) is 10.0 Å². The summed E-state index contributed by atoms with van der Waals surface area (Å²) < 4.78 is 0. The molecule has 1 heterocycles. The third-order valence-corrected chi connectivity index (χ3v) is 5.69. The Morgan fingerprint density at radius 2 is 1.76 bits per heavy atom. The van der Waals surface area contributed by atoms with Crippen LogP contribution in [0.25, 0.3) is 0 Å². The van der Waals surface area contributed by atoms with Crippen molar-refractivity contribution < 1.29 is 4.79 Å². The van der Waals surface area contributed by atoms with Crippen LogP contribution in [0.3, 0.4) is 0 Å². The molecule has 2 aromatic rings. The number of rotatable bonds is 5. The monoisotopic (exact) mass is 457 g/mol. The van der Waals surface area contributed by atoms with Gasteiger partial charge in [-0.05, 0) is 50.8 Å². The number of carbonyl (C=O) groups is 1. The molecule has 1 aliphatic rings. The highest BCUT2D eigenvalue weighted by Crippen LogP contribution is 2.25. The lowest BCUT2D eigenvalue weighted by Crippen LogP contribution is -2.40. The van der Waals surface area contributed by atoms with Crippen molar-refractivity contribution in [2.24, 2.45) is 0 Å². The Balaban J connectivity index is 0.00000300. The van der Waals surface area contributed by atoms with Gasteiger partial charge < -0.3 is 15.5 Å². The van der Waals surface area contributed by atoms with E-state index < -0.39 is 0 Å². The maximum Gasteiger partial charge on any atom is 0.251 e. The summed E-state index contributed by atoms with van der Waals surface area (Å²) in [6.07, 6.45) is 5.53. The number of amides is 1. The molecular weight excluding hydrogens is 433 g/mol. The second-order valence-electron chi connectivity index (χ2n) is 7.39. The van der Waals surface area contributed by atoms with Crippen LogP contribution >= 0.6 is 35.6 Å². The number of benzene rings is 1. The van der Waals surface area contributed by atoms with Crippen molar-refractivity contribution in [3.05, 3.63) is 45.6 Å². The van der Waals surface area contributed by atoms with E-state index in [1.54, 1.807) is 18.2 Å². The first kappa shape index (κ1) is 23.5. The predicted molar refractivity (Wildman–Crippen MR) is 122 cm³/mol. The molecule has 1 amide bonds. The van der Waals surface area contributed by atoms with Crippen molar-refractivity contribution in [2.75, 3.05) is 24.3 Å². The molecule has 158 valence electrons. The van der Waals surface area contributed by atoms with Crippen molar-refractivity contribution in [1.29, 1.82) is 0 Å². The van der Waals surface area contributed by atoms with Crippen LogP contribution in [0.15, 0.2) is 24.4 Å². The Bertz CT molecular complexity index is 854. The van der Waals surface area contributed by atoms with Gasteiger partial charge in [0, 0.05) is 43.5 Å². The van der Waals surface area contributed by atoms with Gasteiger partial charge in [-0.1, -0.05) is 23.2 Å². The number of halogens is 3. The van der Waals surface area contributed by atoms with Gasteiger partial charge in [-0.15, -0.1) is 12.4 Å². The Kier molecular flexibility index (Phi) is 8.37. The Labute approximate surface area is 187 Å². The van der Waals surface area contributed by atoms with E-state index in [9.17, 15) is 4.79 Å². The average Bonchev–Trinajstić information content (AvgIpc) is 2.66. The van der Waals surface area contributed by atoms with E-state index in [0.717, 1.165) is 37.1 Å².